The lowest BCUT2D eigenvalue weighted by Gasteiger charge is -2.39. The molecule has 6 heteroatoms. The van der Waals surface area contributed by atoms with E-state index in [1.54, 1.807) is 11.1 Å². The topological polar surface area (TPSA) is 48.1 Å². The van der Waals surface area contributed by atoms with Gasteiger partial charge in [-0.1, -0.05) is 12.1 Å². The zero-order chi connectivity index (χ0) is 22.5. The molecule has 0 aromatic heterocycles. The van der Waals surface area contributed by atoms with Crippen LogP contribution in [-0.2, 0) is 17.6 Å². The van der Waals surface area contributed by atoms with Gasteiger partial charge in [0.05, 0.1) is 13.2 Å². The van der Waals surface area contributed by atoms with Crippen molar-refractivity contribution in [2.24, 2.45) is 5.92 Å². The number of carbonyl (C=O) groups excluding carboxylic acids is 1. The van der Waals surface area contributed by atoms with E-state index in [2.05, 4.69) is 33.3 Å². The van der Waals surface area contributed by atoms with Crippen molar-refractivity contribution in [3.8, 4) is 0 Å². The molecule has 182 valence electrons. The van der Waals surface area contributed by atoms with E-state index < -0.39 is 0 Å². The second-order valence-corrected chi connectivity index (χ2v) is 10.5. The molecule has 4 aliphatic rings. The third kappa shape index (κ3) is 5.83. The summed E-state index contributed by atoms with van der Waals surface area (Å²) >= 11 is 0. The third-order valence-electron chi connectivity index (χ3n) is 8.41. The number of hydrogen-bond donors (Lipinski definition) is 1. The summed E-state index contributed by atoms with van der Waals surface area (Å²) in [4.78, 5) is 19.7. The molecule has 0 spiro atoms. The number of hydrogen-bond acceptors (Lipinski definition) is 4. The molecule has 2 aliphatic carbocycles. The van der Waals surface area contributed by atoms with Crippen molar-refractivity contribution in [3.05, 3.63) is 29.3 Å². The van der Waals surface area contributed by atoms with E-state index in [-0.39, 0.29) is 6.03 Å². The number of carbonyl (C=O) groups is 1. The minimum atomic E-state index is 0.110. The fourth-order valence-corrected chi connectivity index (χ4v) is 6.26. The van der Waals surface area contributed by atoms with Gasteiger partial charge in [-0.2, -0.15) is 0 Å². The highest BCUT2D eigenvalue weighted by atomic mass is 16.5. The van der Waals surface area contributed by atoms with Crippen molar-refractivity contribution in [2.45, 2.75) is 63.8 Å². The first-order valence-electron chi connectivity index (χ1n) is 13.5. The van der Waals surface area contributed by atoms with Gasteiger partial charge in [0.25, 0.3) is 0 Å². The predicted octanol–water partition coefficient (Wildman–Crippen LogP) is 3.68. The van der Waals surface area contributed by atoms with Gasteiger partial charge in [-0.25, -0.2) is 4.79 Å². The van der Waals surface area contributed by atoms with E-state index >= 15 is 0 Å². The van der Waals surface area contributed by atoms with E-state index in [1.165, 1.54) is 70.3 Å². The highest BCUT2D eigenvalue weighted by Crippen LogP contribution is 2.31. The summed E-state index contributed by atoms with van der Waals surface area (Å²) in [7, 11) is 0. The SMILES string of the molecule is O=C(NC1CCC(CCN2CCN(c3cccc4c3CCCC4)CC2)CC1)N1CCOCC1. The van der Waals surface area contributed by atoms with E-state index in [0.717, 1.165) is 44.9 Å². The number of urea groups is 1. The van der Waals surface area contributed by atoms with E-state index in [4.69, 9.17) is 4.74 Å². The molecule has 3 fully saturated rings. The highest BCUT2D eigenvalue weighted by molar-refractivity contribution is 5.74. The Morgan fingerprint density at radius 1 is 0.939 bits per heavy atom. The van der Waals surface area contributed by atoms with Crippen LogP contribution in [0.2, 0.25) is 0 Å². The maximum atomic E-state index is 12.4. The lowest BCUT2D eigenvalue weighted by molar-refractivity contribution is 0.0519. The summed E-state index contributed by atoms with van der Waals surface area (Å²) in [5.74, 6) is 0.820. The molecule has 0 radical (unpaired) electrons. The number of morpholine rings is 1. The molecular formula is C27H42N4O2. The first-order valence-corrected chi connectivity index (χ1v) is 13.5. The van der Waals surface area contributed by atoms with Crippen LogP contribution in [0.3, 0.4) is 0 Å². The Bertz CT molecular complexity index is 778. The van der Waals surface area contributed by atoms with E-state index in [9.17, 15) is 4.79 Å². The number of anilines is 1. The fourth-order valence-electron chi connectivity index (χ4n) is 6.26. The molecule has 0 atom stereocenters. The Morgan fingerprint density at radius 2 is 1.70 bits per heavy atom. The molecule has 1 aromatic rings. The summed E-state index contributed by atoms with van der Waals surface area (Å²) in [5.41, 5.74) is 4.75. The van der Waals surface area contributed by atoms with Crippen molar-refractivity contribution in [3.63, 3.8) is 0 Å². The molecule has 33 heavy (non-hydrogen) atoms. The number of rotatable bonds is 5. The monoisotopic (exact) mass is 454 g/mol. The van der Waals surface area contributed by atoms with Gasteiger partial charge >= 0.3 is 6.03 Å². The number of amides is 2. The van der Waals surface area contributed by atoms with Crippen LogP contribution >= 0.6 is 0 Å². The van der Waals surface area contributed by atoms with Crippen LogP contribution in [0.15, 0.2) is 18.2 Å². The molecule has 1 saturated carbocycles. The average molecular weight is 455 g/mol. The van der Waals surface area contributed by atoms with Crippen LogP contribution in [-0.4, -0.2) is 80.9 Å². The molecule has 1 N–H and O–H groups in total. The number of piperazine rings is 1. The number of nitrogens with one attached hydrogen (secondary N) is 1. The van der Waals surface area contributed by atoms with Crippen molar-refractivity contribution in [1.82, 2.24) is 15.1 Å². The molecule has 2 aliphatic heterocycles. The number of nitrogens with zero attached hydrogens (tertiary/aromatic N) is 3. The second-order valence-electron chi connectivity index (χ2n) is 10.5. The Morgan fingerprint density at radius 3 is 2.48 bits per heavy atom. The number of benzene rings is 1. The van der Waals surface area contributed by atoms with Gasteiger partial charge in [0.15, 0.2) is 0 Å². The Hall–Kier alpha value is -1.79. The summed E-state index contributed by atoms with van der Waals surface area (Å²) in [6, 6.07) is 7.44. The quantitative estimate of drug-likeness (QED) is 0.737. The van der Waals surface area contributed by atoms with Crippen LogP contribution in [0.1, 0.15) is 56.1 Å². The van der Waals surface area contributed by atoms with Crippen LogP contribution in [0.5, 0.6) is 0 Å². The Labute approximate surface area is 199 Å². The lowest BCUT2D eigenvalue weighted by Crippen LogP contribution is -2.50. The standard InChI is InChI=1S/C27H42N4O2/c32-27(31-18-20-33-21-19-31)28-24-10-8-22(9-11-24)12-13-29-14-16-30(17-15-29)26-7-3-5-23-4-1-2-6-25(23)26/h3,5,7,22,24H,1-2,4,6,8-21H2,(H,28,32). The smallest absolute Gasteiger partial charge is 0.317 e. The summed E-state index contributed by atoms with van der Waals surface area (Å²) in [5, 5.41) is 3.27. The molecule has 1 aromatic carbocycles. The first-order chi connectivity index (χ1) is 16.3. The van der Waals surface area contributed by atoms with Crippen LogP contribution in [0.4, 0.5) is 10.5 Å². The summed E-state index contributed by atoms with van der Waals surface area (Å²) in [6.07, 6.45) is 11.3. The Kier molecular flexibility index (Phi) is 7.72. The largest absolute Gasteiger partial charge is 0.378 e. The molecule has 0 bridgehead atoms. The van der Waals surface area contributed by atoms with Crippen molar-refractivity contribution in [1.29, 1.82) is 0 Å². The van der Waals surface area contributed by atoms with Crippen molar-refractivity contribution in [2.75, 3.05) is 63.9 Å². The average Bonchev–Trinajstić information content (AvgIpc) is 2.89. The normalized spacial score (nSPS) is 26.7. The molecule has 0 unspecified atom stereocenters. The fraction of sp³-hybridized carbons (Fsp3) is 0.741. The second kappa shape index (κ2) is 11.1. The van der Waals surface area contributed by atoms with Crippen LogP contribution in [0, 0.1) is 5.92 Å². The maximum absolute atomic E-state index is 12.4. The Balaban J connectivity index is 1.01. The van der Waals surface area contributed by atoms with E-state index in [1.807, 2.05) is 4.90 Å². The molecule has 2 saturated heterocycles. The van der Waals surface area contributed by atoms with E-state index in [0.29, 0.717) is 19.3 Å². The summed E-state index contributed by atoms with van der Waals surface area (Å²) in [6.45, 7) is 8.72. The minimum Gasteiger partial charge on any atom is -0.378 e. The van der Waals surface area contributed by atoms with Gasteiger partial charge in [-0.15, -0.1) is 0 Å². The molecular weight excluding hydrogens is 412 g/mol. The van der Waals surface area contributed by atoms with Gasteiger partial charge in [0, 0.05) is 51.0 Å². The van der Waals surface area contributed by atoms with Gasteiger partial charge < -0.3 is 19.9 Å². The van der Waals surface area contributed by atoms with Gasteiger partial charge in [-0.05, 0) is 87.4 Å². The van der Waals surface area contributed by atoms with Crippen LogP contribution in [0.25, 0.3) is 0 Å². The van der Waals surface area contributed by atoms with Gasteiger partial charge in [0.1, 0.15) is 0 Å². The number of aryl methyl sites for hydroxylation is 1. The van der Waals surface area contributed by atoms with Crippen molar-refractivity contribution >= 4 is 11.7 Å². The first kappa shape index (κ1) is 23.0. The highest BCUT2D eigenvalue weighted by Gasteiger charge is 2.26. The number of ether oxygens (including phenoxy) is 1. The van der Waals surface area contributed by atoms with Gasteiger partial charge in [-0.3, -0.25) is 4.90 Å². The molecule has 6 nitrogen and oxygen atoms in total. The molecule has 2 heterocycles. The zero-order valence-corrected chi connectivity index (χ0v) is 20.3. The third-order valence-corrected chi connectivity index (χ3v) is 8.41. The van der Waals surface area contributed by atoms with Crippen molar-refractivity contribution < 1.29 is 9.53 Å². The van der Waals surface area contributed by atoms with Crippen LogP contribution < -0.4 is 10.2 Å². The minimum absolute atomic E-state index is 0.110. The predicted molar refractivity (Wildman–Crippen MR) is 133 cm³/mol. The lowest BCUT2D eigenvalue weighted by atomic mass is 9.84. The molecule has 2 amide bonds. The van der Waals surface area contributed by atoms with Gasteiger partial charge in [0.2, 0.25) is 0 Å². The number of fused-ring (bicyclic) bond motifs is 1. The zero-order valence-electron chi connectivity index (χ0n) is 20.3. The maximum Gasteiger partial charge on any atom is 0.317 e. The summed E-state index contributed by atoms with van der Waals surface area (Å²) < 4.78 is 5.35. The molecule has 5 rings (SSSR count).